The van der Waals surface area contributed by atoms with Gasteiger partial charge in [-0.25, -0.2) is 9.97 Å². The number of aromatic nitrogens is 2. The van der Waals surface area contributed by atoms with E-state index in [1.807, 2.05) is 43.1 Å². The van der Waals surface area contributed by atoms with Crippen LogP contribution in [0.3, 0.4) is 0 Å². The van der Waals surface area contributed by atoms with E-state index in [1.165, 1.54) is 6.33 Å². The zero-order valence-corrected chi connectivity index (χ0v) is 11.0. The molecule has 0 fully saturated rings. The van der Waals surface area contributed by atoms with Crippen molar-refractivity contribution < 1.29 is 0 Å². The van der Waals surface area contributed by atoms with Crippen LogP contribution in [-0.2, 0) is 0 Å². The summed E-state index contributed by atoms with van der Waals surface area (Å²) in [6, 6.07) is 11.5. The van der Waals surface area contributed by atoms with E-state index < -0.39 is 0 Å². The Morgan fingerprint density at radius 1 is 1.32 bits per heavy atom. The second kappa shape index (κ2) is 5.83. The SMILES string of the molecule is CCNc1cc(N(C)c2ccccc2C#N)ncn1. The maximum absolute atomic E-state index is 9.13. The molecule has 96 valence electrons. The molecule has 0 aliphatic rings. The van der Waals surface area contributed by atoms with Crippen LogP contribution in [0.4, 0.5) is 17.3 Å². The average Bonchev–Trinajstić information content (AvgIpc) is 2.47. The molecule has 0 saturated heterocycles. The fourth-order valence-corrected chi connectivity index (χ4v) is 1.79. The lowest BCUT2D eigenvalue weighted by atomic mass is 10.2. The van der Waals surface area contributed by atoms with Crippen molar-refractivity contribution in [3.8, 4) is 6.07 Å². The Bertz CT molecular complexity index is 603. The van der Waals surface area contributed by atoms with Crippen molar-refractivity contribution in [2.45, 2.75) is 6.92 Å². The Morgan fingerprint density at radius 2 is 2.11 bits per heavy atom. The first-order valence-corrected chi connectivity index (χ1v) is 6.05. The number of nitriles is 1. The van der Waals surface area contributed by atoms with Gasteiger partial charge >= 0.3 is 0 Å². The van der Waals surface area contributed by atoms with Gasteiger partial charge < -0.3 is 10.2 Å². The number of rotatable bonds is 4. The quantitative estimate of drug-likeness (QED) is 0.907. The Hall–Kier alpha value is -2.61. The summed E-state index contributed by atoms with van der Waals surface area (Å²) in [6.07, 6.45) is 1.51. The van der Waals surface area contributed by atoms with Gasteiger partial charge in [-0.1, -0.05) is 12.1 Å². The second-order valence-corrected chi connectivity index (χ2v) is 3.98. The Kier molecular flexibility index (Phi) is 3.94. The maximum Gasteiger partial charge on any atom is 0.138 e. The number of nitrogens with zero attached hydrogens (tertiary/aromatic N) is 4. The van der Waals surface area contributed by atoms with Crippen LogP contribution < -0.4 is 10.2 Å². The highest BCUT2D eigenvalue weighted by atomic mass is 15.2. The second-order valence-electron chi connectivity index (χ2n) is 3.98. The Morgan fingerprint density at radius 3 is 2.84 bits per heavy atom. The maximum atomic E-state index is 9.13. The Balaban J connectivity index is 2.36. The summed E-state index contributed by atoms with van der Waals surface area (Å²) < 4.78 is 0. The molecule has 19 heavy (non-hydrogen) atoms. The van der Waals surface area contributed by atoms with Crippen LogP contribution in [-0.4, -0.2) is 23.6 Å². The fraction of sp³-hybridized carbons (Fsp3) is 0.214. The van der Waals surface area contributed by atoms with Gasteiger partial charge in [0.1, 0.15) is 24.0 Å². The molecule has 2 aromatic rings. The highest BCUT2D eigenvalue weighted by Crippen LogP contribution is 2.25. The molecule has 1 heterocycles. The standard InChI is InChI=1S/C14H15N5/c1-3-16-13-8-14(18-10-17-13)19(2)12-7-5-4-6-11(12)9-15/h4-8,10H,3H2,1-2H3,(H,16,17,18). The van der Waals surface area contributed by atoms with Crippen molar-refractivity contribution in [3.63, 3.8) is 0 Å². The van der Waals surface area contributed by atoms with Crippen LogP contribution in [0.15, 0.2) is 36.7 Å². The van der Waals surface area contributed by atoms with Gasteiger partial charge in [-0.05, 0) is 19.1 Å². The molecule has 2 rings (SSSR count). The smallest absolute Gasteiger partial charge is 0.138 e. The van der Waals surface area contributed by atoms with Gasteiger partial charge in [-0.15, -0.1) is 0 Å². The van der Waals surface area contributed by atoms with Crippen LogP contribution in [0.2, 0.25) is 0 Å². The molecule has 0 aliphatic carbocycles. The predicted octanol–water partition coefficient (Wildman–Crippen LogP) is 2.55. The van der Waals surface area contributed by atoms with Crippen LogP contribution in [0, 0.1) is 11.3 Å². The molecule has 0 spiro atoms. The number of hydrogen-bond donors (Lipinski definition) is 1. The summed E-state index contributed by atoms with van der Waals surface area (Å²) >= 11 is 0. The third-order valence-corrected chi connectivity index (χ3v) is 2.74. The van der Waals surface area contributed by atoms with Crippen molar-refractivity contribution in [2.24, 2.45) is 0 Å². The van der Waals surface area contributed by atoms with E-state index in [9.17, 15) is 0 Å². The highest BCUT2D eigenvalue weighted by Gasteiger charge is 2.10. The van der Waals surface area contributed by atoms with Gasteiger partial charge in [-0.2, -0.15) is 5.26 Å². The van der Waals surface area contributed by atoms with Crippen LogP contribution in [0.25, 0.3) is 0 Å². The minimum absolute atomic E-state index is 0.619. The first-order valence-electron chi connectivity index (χ1n) is 6.05. The monoisotopic (exact) mass is 253 g/mol. The van der Waals surface area contributed by atoms with Crippen LogP contribution in [0.5, 0.6) is 0 Å². The first kappa shape index (κ1) is 12.8. The summed E-state index contributed by atoms with van der Waals surface area (Å²) in [6.45, 7) is 2.81. The summed E-state index contributed by atoms with van der Waals surface area (Å²) in [5.74, 6) is 1.52. The zero-order chi connectivity index (χ0) is 13.7. The molecule has 5 nitrogen and oxygen atoms in total. The van der Waals surface area contributed by atoms with E-state index in [1.54, 1.807) is 6.07 Å². The fourth-order valence-electron chi connectivity index (χ4n) is 1.79. The molecule has 0 saturated carbocycles. The van der Waals surface area contributed by atoms with E-state index in [0.29, 0.717) is 5.56 Å². The molecule has 0 bridgehead atoms. The van der Waals surface area contributed by atoms with Crippen molar-refractivity contribution in [1.82, 2.24) is 9.97 Å². The third-order valence-electron chi connectivity index (χ3n) is 2.74. The van der Waals surface area contributed by atoms with Gasteiger partial charge in [-0.3, -0.25) is 0 Å². The largest absolute Gasteiger partial charge is 0.370 e. The van der Waals surface area contributed by atoms with Gasteiger partial charge in [0.15, 0.2) is 0 Å². The molecule has 0 radical (unpaired) electrons. The molecule has 1 aromatic carbocycles. The van der Waals surface area contributed by atoms with Crippen molar-refractivity contribution >= 4 is 17.3 Å². The number of para-hydroxylation sites is 1. The van der Waals surface area contributed by atoms with E-state index in [0.717, 1.165) is 23.9 Å². The van der Waals surface area contributed by atoms with E-state index >= 15 is 0 Å². The lowest BCUT2D eigenvalue weighted by Gasteiger charge is -2.19. The molecule has 0 unspecified atom stereocenters. The third kappa shape index (κ3) is 2.80. The summed E-state index contributed by atoms with van der Waals surface area (Å²) in [5.41, 5.74) is 1.44. The van der Waals surface area contributed by atoms with E-state index in [-0.39, 0.29) is 0 Å². The van der Waals surface area contributed by atoms with Crippen LogP contribution in [0.1, 0.15) is 12.5 Å². The van der Waals surface area contributed by atoms with Gasteiger partial charge in [0.05, 0.1) is 11.3 Å². The molecule has 0 aliphatic heterocycles. The first-order chi connectivity index (χ1) is 9.26. The number of hydrogen-bond acceptors (Lipinski definition) is 5. The minimum atomic E-state index is 0.619. The van der Waals surface area contributed by atoms with Crippen molar-refractivity contribution in [3.05, 3.63) is 42.2 Å². The highest BCUT2D eigenvalue weighted by molar-refractivity contribution is 5.67. The Labute approximate surface area is 112 Å². The normalized spacial score (nSPS) is 9.74. The van der Waals surface area contributed by atoms with Crippen molar-refractivity contribution in [1.29, 1.82) is 5.26 Å². The molecule has 0 atom stereocenters. The molecular weight excluding hydrogens is 238 g/mol. The average molecular weight is 253 g/mol. The van der Waals surface area contributed by atoms with Crippen molar-refractivity contribution in [2.75, 3.05) is 23.8 Å². The number of nitrogens with one attached hydrogen (secondary N) is 1. The van der Waals surface area contributed by atoms with E-state index in [4.69, 9.17) is 5.26 Å². The molecular formula is C14H15N5. The summed E-state index contributed by atoms with van der Waals surface area (Å²) in [4.78, 5) is 10.2. The van der Waals surface area contributed by atoms with Gasteiger partial charge in [0, 0.05) is 19.7 Å². The van der Waals surface area contributed by atoms with Gasteiger partial charge in [0.2, 0.25) is 0 Å². The molecule has 1 N–H and O–H groups in total. The number of anilines is 3. The molecule has 0 amide bonds. The lowest BCUT2D eigenvalue weighted by Crippen LogP contribution is -2.13. The summed E-state index contributed by atoms with van der Waals surface area (Å²) in [7, 11) is 1.88. The summed E-state index contributed by atoms with van der Waals surface area (Å²) in [5, 5.41) is 12.3. The lowest BCUT2D eigenvalue weighted by molar-refractivity contribution is 1.06. The predicted molar refractivity (Wildman–Crippen MR) is 75.4 cm³/mol. The van der Waals surface area contributed by atoms with Crippen LogP contribution >= 0.6 is 0 Å². The molecule has 1 aromatic heterocycles. The van der Waals surface area contributed by atoms with Gasteiger partial charge in [0.25, 0.3) is 0 Å². The molecule has 5 heteroatoms. The minimum Gasteiger partial charge on any atom is -0.370 e. The zero-order valence-electron chi connectivity index (χ0n) is 11.0. The topological polar surface area (TPSA) is 64.8 Å². The number of benzene rings is 1. The van der Waals surface area contributed by atoms with E-state index in [2.05, 4.69) is 21.4 Å².